The van der Waals surface area contributed by atoms with Crippen LogP contribution < -0.4 is 0 Å². The largest absolute Gasteiger partial charge is 0.481 e. The number of carbonyl (C=O) groups is 6. The molecule has 0 saturated carbocycles. The Morgan fingerprint density at radius 2 is 0.423 bits per heavy atom. The zero-order chi connectivity index (χ0) is 19.7. The second kappa shape index (κ2) is 22.8. The van der Waals surface area contributed by atoms with Crippen molar-refractivity contribution < 1.29 is 93.0 Å². The number of hydrogen-bond donors (Lipinski definition) is 6. The SMILES string of the molecule is O=C(O)CCC(=O)O.O=C(O)CCC(=O)O.O=C(O)CCC(=O)O.[Co].[Co]. The smallest absolute Gasteiger partial charge is 0.303 e. The summed E-state index contributed by atoms with van der Waals surface area (Å²) in [6.07, 6.45) is -1.78. The monoisotopic (exact) mass is 472 g/mol. The fourth-order valence-corrected chi connectivity index (χ4v) is 0.642. The van der Waals surface area contributed by atoms with Gasteiger partial charge in [0, 0.05) is 33.6 Å². The fraction of sp³-hybridized carbons (Fsp3) is 0.500. The Bertz CT molecular complexity index is 355. The van der Waals surface area contributed by atoms with E-state index in [-0.39, 0.29) is 72.1 Å². The molecule has 14 heteroatoms. The van der Waals surface area contributed by atoms with E-state index in [2.05, 4.69) is 0 Å². The third kappa shape index (κ3) is 57.5. The van der Waals surface area contributed by atoms with Crippen molar-refractivity contribution in [3.8, 4) is 0 Å². The van der Waals surface area contributed by atoms with E-state index >= 15 is 0 Å². The summed E-state index contributed by atoms with van der Waals surface area (Å²) in [7, 11) is 0. The van der Waals surface area contributed by atoms with E-state index in [9.17, 15) is 28.8 Å². The average Bonchev–Trinajstić information content (AvgIpc) is 2.42. The quantitative estimate of drug-likeness (QED) is 0.257. The van der Waals surface area contributed by atoms with Crippen molar-refractivity contribution in [1.29, 1.82) is 0 Å². The minimum Gasteiger partial charge on any atom is -0.481 e. The molecule has 0 saturated heterocycles. The van der Waals surface area contributed by atoms with Crippen molar-refractivity contribution in [3.05, 3.63) is 0 Å². The summed E-state index contributed by atoms with van der Waals surface area (Å²) in [6.45, 7) is 0. The number of carboxylic acid groups (broad SMARTS) is 6. The Morgan fingerprint density at radius 1 is 0.346 bits per heavy atom. The predicted octanol–water partition coefficient (Wildman–Crippen LogP) is -0.198. The molecule has 0 spiro atoms. The molecule has 0 fully saturated rings. The van der Waals surface area contributed by atoms with Gasteiger partial charge in [0.1, 0.15) is 0 Å². The second-order valence-corrected chi connectivity index (χ2v) is 3.86. The molecule has 0 aliphatic carbocycles. The van der Waals surface area contributed by atoms with Gasteiger partial charge >= 0.3 is 35.8 Å². The van der Waals surface area contributed by atoms with Gasteiger partial charge in [0.05, 0.1) is 38.5 Å². The van der Waals surface area contributed by atoms with Crippen LogP contribution in [-0.2, 0) is 62.3 Å². The molecule has 26 heavy (non-hydrogen) atoms. The van der Waals surface area contributed by atoms with E-state index in [0.29, 0.717) is 0 Å². The van der Waals surface area contributed by atoms with Crippen LogP contribution in [0, 0.1) is 0 Å². The van der Waals surface area contributed by atoms with Crippen LogP contribution in [0.4, 0.5) is 0 Å². The molecule has 0 aliphatic rings. The maximum Gasteiger partial charge on any atom is 0.303 e. The fourth-order valence-electron chi connectivity index (χ4n) is 0.642. The van der Waals surface area contributed by atoms with Gasteiger partial charge in [-0.05, 0) is 0 Å². The normalized spacial score (nSPS) is 7.85. The zero-order valence-electron chi connectivity index (χ0n) is 13.0. The number of aliphatic carboxylic acids is 6. The van der Waals surface area contributed by atoms with Gasteiger partial charge in [0.2, 0.25) is 0 Å². The first-order chi connectivity index (χ1) is 10.9. The Morgan fingerprint density at radius 3 is 0.462 bits per heavy atom. The van der Waals surface area contributed by atoms with Gasteiger partial charge in [-0.15, -0.1) is 0 Å². The summed E-state index contributed by atoms with van der Waals surface area (Å²) in [4.78, 5) is 57.8. The summed E-state index contributed by atoms with van der Waals surface area (Å²) >= 11 is 0. The predicted molar refractivity (Wildman–Crippen MR) is 73.5 cm³/mol. The van der Waals surface area contributed by atoms with Crippen molar-refractivity contribution in [2.24, 2.45) is 0 Å². The van der Waals surface area contributed by atoms with Gasteiger partial charge in [-0.2, -0.15) is 0 Å². The van der Waals surface area contributed by atoms with Crippen molar-refractivity contribution >= 4 is 35.8 Å². The van der Waals surface area contributed by atoms with Crippen LogP contribution >= 0.6 is 0 Å². The minimum absolute atomic E-state index is 0. The van der Waals surface area contributed by atoms with Gasteiger partial charge in [-0.1, -0.05) is 0 Å². The van der Waals surface area contributed by atoms with Crippen molar-refractivity contribution in [2.45, 2.75) is 38.5 Å². The molecule has 12 nitrogen and oxygen atoms in total. The van der Waals surface area contributed by atoms with Gasteiger partial charge in [0.15, 0.2) is 0 Å². The Balaban J connectivity index is -0.0000000817. The molecular weight excluding hydrogens is 454 g/mol. The van der Waals surface area contributed by atoms with Crippen LogP contribution in [0.3, 0.4) is 0 Å². The average molecular weight is 472 g/mol. The summed E-state index contributed by atoms with van der Waals surface area (Å²) in [6, 6.07) is 0. The van der Waals surface area contributed by atoms with Crippen LogP contribution in [0.2, 0.25) is 0 Å². The van der Waals surface area contributed by atoms with Crippen LogP contribution in [0.1, 0.15) is 38.5 Å². The van der Waals surface area contributed by atoms with Crippen molar-refractivity contribution in [1.82, 2.24) is 0 Å². The van der Waals surface area contributed by atoms with Gasteiger partial charge in [0.25, 0.3) is 0 Å². The van der Waals surface area contributed by atoms with E-state index in [1.807, 2.05) is 0 Å². The van der Waals surface area contributed by atoms with E-state index < -0.39 is 35.8 Å². The molecule has 0 unspecified atom stereocenters. The van der Waals surface area contributed by atoms with Crippen LogP contribution in [-0.4, -0.2) is 66.5 Å². The first kappa shape index (κ1) is 35.0. The molecule has 156 valence electrons. The topological polar surface area (TPSA) is 224 Å². The molecule has 0 aromatic rings. The molecule has 0 heterocycles. The van der Waals surface area contributed by atoms with E-state index in [1.54, 1.807) is 0 Å². The first-order valence-corrected chi connectivity index (χ1v) is 6.19. The molecular formula is C12H18Co2O12. The number of carboxylic acids is 6. The Labute approximate surface area is 167 Å². The second-order valence-electron chi connectivity index (χ2n) is 3.86. The van der Waals surface area contributed by atoms with E-state index in [0.717, 1.165) is 0 Å². The molecule has 0 aromatic heterocycles. The molecule has 0 amide bonds. The van der Waals surface area contributed by atoms with Crippen molar-refractivity contribution in [3.63, 3.8) is 0 Å². The summed E-state index contributed by atoms with van der Waals surface area (Å²) in [5, 5.41) is 47.4. The van der Waals surface area contributed by atoms with Gasteiger partial charge in [-0.3, -0.25) is 28.8 Å². The van der Waals surface area contributed by atoms with E-state index in [4.69, 9.17) is 30.6 Å². The van der Waals surface area contributed by atoms with Crippen LogP contribution in [0.25, 0.3) is 0 Å². The zero-order valence-corrected chi connectivity index (χ0v) is 15.1. The van der Waals surface area contributed by atoms with Gasteiger partial charge < -0.3 is 30.6 Å². The van der Waals surface area contributed by atoms with Crippen LogP contribution in [0.15, 0.2) is 0 Å². The summed E-state index contributed by atoms with van der Waals surface area (Å²) in [5.74, 6) is -6.46. The third-order valence-corrected chi connectivity index (χ3v) is 1.66. The molecule has 0 atom stereocenters. The summed E-state index contributed by atoms with van der Waals surface area (Å²) in [5.41, 5.74) is 0. The molecule has 6 N–H and O–H groups in total. The van der Waals surface area contributed by atoms with Gasteiger partial charge in [-0.25, -0.2) is 0 Å². The molecule has 2 radical (unpaired) electrons. The van der Waals surface area contributed by atoms with Crippen molar-refractivity contribution in [2.75, 3.05) is 0 Å². The maximum absolute atomic E-state index is 9.64. The minimum atomic E-state index is -1.08. The maximum atomic E-state index is 9.64. The Hall–Kier alpha value is -2.17. The summed E-state index contributed by atoms with van der Waals surface area (Å²) < 4.78 is 0. The number of hydrogen-bond acceptors (Lipinski definition) is 6. The number of rotatable bonds is 9. The molecule has 0 rings (SSSR count). The molecule has 0 bridgehead atoms. The first-order valence-electron chi connectivity index (χ1n) is 6.19. The standard InChI is InChI=1S/3C4H6O4.2Co/c3*5-3(6)1-2-4(7)8;;/h3*1-2H2,(H,5,6)(H,7,8);;. The third-order valence-electron chi connectivity index (χ3n) is 1.66. The molecule has 0 aromatic carbocycles. The van der Waals surface area contributed by atoms with E-state index in [1.165, 1.54) is 0 Å². The van der Waals surface area contributed by atoms with Crippen LogP contribution in [0.5, 0.6) is 0 Å². The molecule has 0 aliphatic heterocycles. The Kier molecular flexibility index (Phi) is 30.8.